The van der Waals surface area contributed by atoms with Crippen LogP contribution in [0.2, 0.25) is 0 Å². The summed E-state index contributed by atoms with van der Waals surface area (Å²) in [5, 5.41) is 3.45. The highest BCUT2D eigenvalue weighted by Crippen LogP contribution is 2.24. The third kappa shape index (κ3) is 3.06. The van der Waals surface area contributed by atoms with E-state index in [4.69, 9.17) is 9.15 Å². The van der Waals surface area contributed by atoms with Gasteiger partial charge in [-0.3, -0.25) is 0 Å². The van der Waals surface area contributed by atoms with Crippen molar-refractivity contribution in [1.82, 2.24) is 0 Å². The number of hydrogen-bond acceptors (Lipinski definition) is 3. The van der Waals surface area contributed by atoms with Crippen molar-refractivity contribution in [1.29, 1.82) is 0 Å². The van der Waals surface area contributed by atoms with Crippen LogP contribution in [-0.4, -0.2) is 6.61 Å². The molecule has 1 heterocycles. The van der Waals surface area contributed by atoms with Crippen molar-refractivity contribution in [3.63, 3.8) is 0 Å². The van der Waals surface area contributed by atoms with E-state index in [9.17, 15) is 0 Å². The summed E-state index contributed by atoms with van der Waals surface area (Å²) in [6, 6.07) is 12.1. The van der Waals surface area contributed by atoms with Gasteiger partial charge < -0.3 is 14.5 Å². The van der Waals surface area contributed by atoms with Gasteiger partial charge in [0.15, 0.2) is 0 Å². The Morgan fingerprint density at radius 2 is 1.94 bits per heavy atom. The minimum Gasteiger partial charge on any atom is -0.494 e. The molecule has 2 aromatic rings. The lowest BCUT2D eigenvalue weighted by Gasteiger charge is -2.16. The second kappa shape index (κ2) is 6.15. The fourth-order valence-electron chi connectivity index (χ4n) is 1.88. The van der Waals surface area contributed by atoms with Crippen LogP contribution in [0.4, 0.5) is 5.69 Å². The predicted octanol–water partition coefficient (Wildman–Crippen LogP) is 4.24. The Balaban J connectivity index is 2.03. The highest BCUT2D eigenvalue weighted by molar-refractivity contribution is 5.47. The fourth-order valence-corrected chi connectivity index (χ4v) is 1.88. The summed E-state index contributed by atoms with van der Waals surface area (Å²) in [6.45, 7) is 4.81. The van der Waals surface area contributed by atoms with Gasteiger partial charge >= 0.3 is 0 Å². The van der Waals surface area contributed by atoms with E-state index in [-0.39, 0.29) is 6.04 Å². The van der Waals surface area contributed by atoms with Crippen LogP contribution < -0.4 is 10.1 Å². The number of hydrogen-bond donors (Lipinski definition) is 1. The highest BCUT2D eigenvalue weighted by atomic mass is 16.5. The normalized spacial score (nSPS) is 12.1. The van der Waals surface area contributed by atoms with Crippen LogP contribution in [0.5, 0.6) is 5.75 Å². The Bertz CT molecular complexity index is 448. The molecule has 1 aromatic carbocycles. The summed E-state index contributed by atoms with van der Waals surface area (Å²) in [5.41, 5.74) is 1.07. The minimum absolute atomic E-state index is 0.206. The molecule has 96 valence electrons. The largest absolute Gasteiger partial charge is 0.494 e. The Morgan fingerprint density at radius 3 is 2.50 bits per heavy atom. The lowest BCUT2D eigenvalue weighted by atomic mass is 10.1. The van der Waals surface area contributed by atoms with E-state index in [1.54, 1.807) is 6.26 Å². The van der Waals surface area contributed by atoms with Gasteiger partial charge in [-0.25, -0.2) is 0 Å². The first-order valence-corrected chi connectivity index (χ1v) is 6.36. The maximum atomic E-state index is 5.43. The molecule has 0 aliphatic heterocycles. The Hall–Kier alpha value is -1.90. The second-order valence-electron chi connectivity index (χ2n) is 4.08. The zero-order valence-corrected chi connectivity index (χ0v) is 10.8. The molecule has 2 rings (SSSR count). The Labute approximate surface area is 108 Å². The van der Waals surface area contributed by atoms with E-state index in [1.807, 2.05) is 43.3 Å². The first-order chi connectivity index (χ1) is 8.83. The number of nitrogens with one attached hydrogen (secondary N) is 1. The monoisotopic (exact) mass is 245 g/mol. The zero-order valence-electron chi connectivity index (χ0n) is 10.8. The molecule has 1 unspecified atom stereocenters. The fraction of sp³-hybridized carbons (Fsp3) is 0.333. The van der Waals surface area contributed by atoms with Crippen molar-refractivity contribution >= 4 is 5.69 Å². The molecule has 0 radical (unpaired) electrons. The first kappa shape index (κ1) is 12.6. The average molecular weight is 245 g/mol. The van der Waals surface area contributed by atoms with Gasteiger partial charge in [0.05, 0.1) is 18.9 Å². The van der Waals surface area contributed by atoms with Crippen molar-refractivity contribution < 1.29 is 9.15 Å². The van der Waals surface area contributed by atoms with Gasteiger partial charge in [-0.1, -0.05) is 6.92 Å². The van der Waals surface area contributed by atoms with E-state index >= 15 is 0 Å². The van der Waals surface area contributed by atoms with Gasteiger partial charge in [-0.2, -0.15) is 0 Å². The molecule has 0 bridgehead atoms. The third-order valence-corrected chi connectivity index (χ3v) is 2.80. The van der Waals surface area contributed by atoms with Crippen molar-refractivity contribution in [3.05, 3.63) is 48.4 Å². The van der Waals surface area contributed by atoms with E-state index in [2.05, 4.69) is 12.2 Å². The van der Waals surface area contributed by atoms with Crippen LogP contribution in [-0.2, 0) is 0 Å². The van der Waals surface area contributed by atoms with Crippen LogP contribution in [0.25, 0.3) is 0 Å². The average Bonchev–Trinajstić information content (AvgIpc) is 2.92. The number of anilines is 1. The van der Waals surface area contributed by atoms with Crippen LogP contribution >= 0.6 is 0 Å². The molecule has 0 spiro atoms. The molecule has 0 saturated heterocycles. The lowest BCUT2D eigenvalue weighted by molar-refractivity contribution is 0.340. The van der Waals surface area contributed by atoms with Crippen LogP contribution in [0.3, 0.4) is 0 Å². The van der Waals surface area contributed by atoms with Crippen molar-refractivity contribution in [2.45, 2.75) is 26.3 Å². The van der Waals surface area contributed by atoms with E-state index in [0.29, 0.717) is 6.61 Å². The summed E-state index contributed by atoms with van der Waals surface area (Å²) >= 11 is 0. The van der Waals surface area contributed by atoms with Crippen LogP contribution in [0, 0.1) is 0 Å². The molecule has 0 saturated carbocycles. The quantitative estimate of drug-likeness (QED) is 0.826. The topological polar surface area (TPSA) is 34.4 Å². The maximum Gasteiger partial charge on any atom is 0.125 e. The molecular weight excluding hydrogens is 226 g/mol. The van der Waals surface area contributed by atoms with Gasteiger partial charge in [0.1, 0.15) is 11.5 Å². The van der Waals surface area contributed by atoms with Crippen LogP contribution in [0.1, 0.15) is 32.1 Å². The van der Waals surface area contributed by atoms with Crippen LogP contribution in [0.15, 0.2) is 47.1 Å². The molecule has 3 heteroatoms. The summed E-state index contributed by atoms with van der Waals surface area (Å²) in [6.07, 6.45) is 2.68. The highest BCUT2D eigenvalue weighted by Gasteiger charge is 2.11. The molecular formula is C15H19NO2. The smallest absolute Gasteiger partial charge is 0.125 e. The van der Waals surface area contributed by atoms with Crippen molar-refractivity contribution in [2.24, 2.45) is 0 Å². The zero-order chi connectivity index (χ0) is 12.8. The van der Waals surface area contributed by atoms with E-state index in [0.717, 1.165) is 23.6 Å². The summed E-state index contributed by atoms with van der Waals surface area (Å²) in [4.78, 5) is 0. The molecule has 3 nitrogen and oxygen atoms in total. The number of ether oxygens (including phenoxy) is 1. The third-order valence-electron chi connectivity index (χ3n) is 2.80. The number of benzene rings is 1. The maximum absolute atomic E-state index is 5.43. The standard InChI is InChI=1S/C15H19NO2/c1-3-14(15-6-5-11-18-15)16-12-7-9-13(10-8-12)17-4-2/h5-11,14,16H,3-4H2,1-2H3. The Morgan fingerprint density at radius 1 is 1.17 bits per heavy atom. The summed E-state index contributed by atoms with van der Waals surface area (Å²) < 4.78 is 10.9. The lowest BCUT2D eigenvalue weighted by Crippen LogP contribution is -2.08. The molecule has 0 amide bonds. The molecule has 1 aromatic heterocycles. The predicted molar refractivity (Wildman–Crippen MR) is 73.0 cm³/mol. The Kier molecular flexibility index (Phi) is 4.29. The molecule has 1 atom stereocenters. The minimum atomic E-state index is 0.206. The van der Waals surface area contributed by atoms with Gasteiger partial charge in [0.25, 0.3) is 0 Å². The summed E-state index contributed by atoms with van der Waals surface area (Å²) in [7, 11) is 0. The molecule has 1 N–H and O–H groups in total. The van der Waals surface area contributed by atoms with Gasteiger partial charge in [-0.15, -0.1) is 0 Å². The van der Waals surface area contributed by atoms with Crippen molar-refractivity contribution in [2.75, 3.05) is 11.9 Å². The summed E-state index contributed by atoms with van der Waals surface area (Å²) in [5.74, 6) is 1.86. The van der Waals surface area contributed by atoms with Gasteiger partial charge in [0, 0.05) is 5.69 Å². The first-order valence-electron chi connectivity index (χ1n) is 6.36. The van der Waals surface area contributed by atoms with Crippen molar-refractivity contribution in [3.8, 4) is 5.75 Å². The number of furan rings is 1. The SMILES string of the molecule is CCOc1ccc(NC(CC)c2ccco2)cc1. The van der Waals surface area contributed by atoms with Gasteiger partial charge in [0.2, 0.25) is 0 Å². The van der Waals surface area contributed by atoms with E-state index < -0.39 is 0 Å². The molecule has 18 heavy (non-hydrogen) atoms. The number of rotatable bonds is 6. The molecule has 0 aliphatic rings. The van der Waals surface area contributed by atoms with E-state index in [1.165, 1.54) is 0 Å². The second-order valence-corrected chi connectivity index (χ2v) is 4.08. The molecule has 0 fully saturated rings. The van der Waals surface area contributed by atoms with Gasteiger partial charge in [-0.05, 0) is 49.7 Å². The molecule has 0 aliphatic carbocycles.